The van der Waals surface area contributed by atoms with Gasteiger partial charge in [0, 0.05) is 27.8 Å². The molecule has 1 fully saturated rings. The summed E-state index contributed by atoms with van der Waals surface area (Å²) in [5, 5.41) is 0. The predicted molar refractivity (Wildman–Crippen MR) is 51.9 cm³/mol. The molecular formula is C8H18N2OS. The zero-order valence-electron chi connectivity index (χ0n) is 7.71. The fourth-order valence-electron chi connectivity index (χ4n) is 1.55. The third-order valence-electron chi connectivity index (χ3n) is 2.23. The lowest BCUT2D eigenvalue weighted by Gasteiger charge is -2.17. The zero-order chi connectivity index (χ0) is 9.03. The standard InChI is InChI=1S/C8H18N2OS/c1-2-4-10-5-3-7-12(9,11)8-6-10/h9H,2-8H2,1H3. The molecule has 0 aromatic rings. The van der Waals surface area contributed by atoms with Gasteiger partial charge in [0.2, 0.25) is 0 Å². The Balaban J connectivity index is 2.45. The van der Waals surface area contributed by atoms with E-state index in [-0.39, 0.29) is 0 Å². The minimum absolute atomic E-state index is 0.576. The van der Waals surface area contributed by atoms with Crippen LogP contribution in [0.4, 0.5) is 0 Å². The van der Waals surface area contributed by atoms with Gasteiger partial charge in [-0.25, -0.2) is 4.21 Å². The molecule has 0 amide bonds. The third-order valence-corrected chi connectivity index (χ3v) is 4.02. The first kappa shape index (κ1) is 9.99. The molecule has 0 bridgehead atoms. The third kappa shape index (κ3) is 3.11. The van der Waals surface area contributed by atoms with Crippen molar-refractivity contribution in [3.8, 4) is 0 Å². The SMILES string of the molecule is CCCN1CCCS(=N)(=O)CC1. The van der Waals surface area contributed by atoms with Crippen molar-refractivity contribution < 1.29 is 4.21 Å². The zero-order valence-corrected chi connectivity index (χ0v) is 8.53. The molecule has 0 spiro atoms. The van der Waals surface area contributed by atoms with E-state index in [1.54, 1.807) is 0 Å². The Kier molecular flexibility index (Phi) is 3.53. The summed E-state index contributed by atoms with van der Waals surface area (Å²) in [6.45, 7) is 5.14. The molecule has 1 atom stereocenters. The number of rotatable bonds is 2. The summed E-state index contributed by atoms with van der Waals surface area (Å²) < 4.78 is 18.9. The molecule has 0 radical (unpaired) electrons. The van der Waals surface area contributed by atoms with Crippen LogP contribution in [0, 0.1) is 4.78 Å². The number of nitrogens with one attached hydrogen (secondary N) is 1. The number of hydrogen-bond donors (Lipinski definition) is 1. The van der Waals surface area contributed by atoms with E-state index < -0.39 is 9.73 Å². The maximum absolute atomic E-state index is 11.4. The summed E-state index contributed by atoms with van der Waals surface area (Å²) in [6.07, 6.45) is 2.08. The van der Waals surface area contributed by atoms with E-state index in [1.807, 2.05) is 0 Å². The molecule has 12 heavy (non-hydrogen) atoms. The minimum Gasteiger partial charge on any atom is -0.302 e. The van der Waals surface area contributed by atoms with Crippen molar-refractivity contribution in [1.29, 1.82) is 4.78 Å². The van der Waals surface area contributed by atoms with Crippen LogP contribution in [0.3, 0.4) is 0 Å². The molecule has 3 nitrogen and oxygen atoms in total. The minimum atomic E-state index is -2.21. The summed E-state index contributed by atoms with van der Waals surface area (Å²) in [4.78, 5) is 2.32. The molecule has 0 aliphatic carbocycles. The summed E-state index contributed by atoms with van der Waals surface area (Å²) in [6, 6.07) is 0. The maximum atomic E-state index is 11.4. The highest BCUT2D eigenvalue weighted by molar-refractivity contribution is 7.92. The van der Waals surface area contributed by atoms with Crippen molar-refractivity contribution >= 4 is 9.73 Å². The van der Waals surface area contributed by atoms with Gasteiger partial charge in [0.25, 0.3) is 0 Å². The number of hydrogen-bond acceptors (Lipinski definition) is 3. The van der Waals surface area contributed by atoms with E-state index in [9.17, 15) is 4.21 Å². The van der Waals surface area contributed by atoms with Crippen LogP contribution in [-0.2, 0) is 9.73 Å². The molecule has 1 unspecified atom stereocenters. The summed E-state index contributed by atoms with van der Waals surface area (Å²) in [7, 11) is -2.21. The van der Waals surface area contributed by atoms with E-state index in [2.05, 4.69) is 11.8 Å². The fraction of sp³-hybridized carbons (Fsp3) is 1.00. The molecule has 1 rings (SSSR count). The Morgan fingerprint density at radius 3 is 2.83 bits per heavy atom. The smallest absolute Gasteiger partial charge is 0.0454 e. The van der Waals surface area contributed by atoms with Crippen molar-refractivity contribution in [2.45, 2.75) is 19.8 Å². The first-order chi connectivity index (χ1) is 5.64. The van der Waals surface area contributed by atoms with Crippen molar-refractivity contribution in [2.75, 3.05) is 31.1 Å². The van der Waals surface area contributed by atoms with E-state index >= 15 is 0 Å². The molecule has 1 aliphatic rings. The largest absolute Gasteiger partial charge is 0.302 e. The normalized spacial score (nSPS) is 33.1. The lowest BCUT2D eigenvalue weighted by atomic mass is 10.3. The molecule has 0 saturated carbocycles. The quantitative estimate of drug-likeness (QED) is 0.710. The summed E-state index contributed by atoms with van der Waals surface area (Å²) >= 11 is 0. The topological polar surface area (TPSA) is 44.2 Å². The van der Waals surface area contributed by atoms with Crippen molar-refractivity contribution in [2.24, 2.45) is 0 Å². The van der Waals surface area contributed by atoms with Crippen LogP contribution in [0.25, 0.3) is 0 Å². The molecule has 0 aromatic carbocycles. The first-order valence-electron chi connectivity index (χ1n) is 4.60. The predicted octanol–water partition coefficient (Wildman–Crippen LogP) is 1.15. The Morgan fingerprint density at radius 2 is 2.17 bits per heavy atom. The van der Waals surface area contributed by atoms with Crippen LogP contribution in [0.15, 0.2) is 0 Å². The molecule has 1 saturated heterocycles. The van der Waals surface area contributed by atoms with Gasteiger partial charge in [-0.1, -0.05) is 6.92 Å². The van der Waals surface area contributed by atoms with E-state index in [4.69, 9.17) is 4.78 Å². The van der Waals surface area contributed by atoms with Gasteiger partial charge in [0.05, 0.1) is 0 Å². The van der Waals surface area contributed by atoms with Crippen LogP contribution in [0.5, 0.6) is 0 Å². The second-order valence-corrected chi connectivity index (χ2v) is 5.86. The van der Waals surface area contributed by atoms with Crippen LogP contribution in [0.2, 0.25) is 0 Å². The van der Waals surface area contributed by atoms with Gasteiger partial charge in [-0.15, -0.1) is 0 Å². The van der Waals surface area contributed by atoms with Crippen LogP contribution < -0.4 is 0 Å². The van der Waals surface area contributed by atoms with E-state index in [0.29, 0.717) is 11.5 Å². The average Bonchev–Trinajstić information content (AvgIpc) is 2.14. The Bertz CT molecular complexity index is 223. The molecule has 0 aromatic heterocycles. The van der Waals surface area contributed by atoms with Gasteiger partial charge in [-0.3, -0.25) is 4.78 Å². The van der Waals surface area contributed by atoms with Gasteiger partial charge >= 0.3 is 0 Å². The molecule has 1 heterocycles. The van der Waals surface area contributed by atoms with Gasteiger partial charge < -0.3 is 4.90 Å². The van der Waals surface area contributed by atoms with E-state index in [0.717, 1.165) is 32.5 Å². The molecule has 4 heteroatoms. The van der Waals surface area contributed by atoms with Gasteiger partial charge in [-0.05, 0) is 25.9 Å². The Morgan fingerprint density at radius 1 is 1.42 bits per heavy atom. The highest BCUT2D eigenvalue weighted by atomic mass is 32.2. The summed E-state index contributed by atoms with van der Waals surface area (Å²) in [5.41, 5.74) is 0. The van der Waals surface area contributed by atoms with Gasteiger partial charge in [0.15, 0.2) is 0 Å². The van der Waals surface area contributed by atoms with Gasteiger partial charge in [0.1, 0.15) is 0 Å². The summed E-state index contributed by atoms with van der Waals surface area (Å²) in [5.74, 6) is 1.18. The second-order valence-electron chi connectivity index (χ2n) is 3.42. The van der Waals surface area contributed by atoms with E-state index in [1.165, 1.54) is 0 Å². The maximum Gasteiger partial charge on any atom is 0.0454 e. The molecular weight excluding hydrogens is 172 g/mol. The van der Waals surface area contributed by atoms with Crippen LogP contribution in [0.1, 0.15) is 19.8 Å². The molecule has 1 aliphatic heterocycles. The second kappa shape index (κ2) is 4.23. The molecule has 72 valence electrons. The monoisotopic (exact) mass is 190 g/mol. The van der Waals surface area contributed by atoms with Crippen LogP contribution >= 0.6 is 0 Å². The van der Waals surface area contributed by atoms with Crippen molar-refractivity contribution in [1.82, 2.24) is 4.90 Å². The first-order valence-corrected chi connectivity index (χ1v) is 6.50. The Hall–Kier alpha value is -0.0900. The van der Waals surface area contributed by atoms with Gasteiger partial charge in [-0.2, -0.15) is 0 Å². The molecule has 1 N–H and O–H groups in total. The lowest BCUT2D eigenvalue weighted by molar-refractivity contribution is 0.296. The van der Waals surface area contributed by atoms with Crippen molar-refractivity contribution in [3.63, 3.8) is 0 Å². The highest BCUT2D eigenvalue weighted by Crippen LogP contribution is 2.05. The van der Waals surface area contributed by atoms with Crippen LogP contribution in [-0.4, -0.2) is 40.2 Å². The number of nitrogens with zero attached hydrogens (tertiary/aromatic N) is 1. The average molecular weight is 190 g/mol. The highest BCUT2D eigenvalue weighted by Gasteiger charge is 2.15. The van der Waals surface area contributed by atoms with Crippen molar-refractivity contribution in [3.05, 3.63) is 0 Å². The Labute approximate surface area is 75.1 Å². The fourth-order valence-corrected chi connectivity index (χ4v) is 2.90. The lowest BCUT2D eigenvalue weighted by Crippen LogP contribution is -2.27.